The Labute approximate surface area is 157 Å². The quantitative estimate of drug-likeness (QED) is 0.521. The number of hydrogen-bond donors (Lipinski definition) is 1. The molecule has 3 aromatic rings. The summed E-state index contributed by atoms with van der Waals surface area (Å²) in [6.07, 6.45) is -4.71. The number of halogens is 5. The zero-order valence-corrected chi connectivity index (χ0v) is 14.5. The van der Waals surface area contributed by atoms with Gasteiger partial charge in [-0.05, 0) is 35.4 Å². The second-order valence-electron chi connectivity index (χ2n) is 5.79. The topological polar surface area (TPSA) is 79.7 Å². The summed E-state index contributed by atoms with van der Waals surface area (Å²) in [7, 11) is 0. The van der Waals surface area contributed by atoms with Crippen LogP contribution in [0.5, 0.6) is 0 Å². The summed E-state index contributed by atoms with van der Waals surface area (Å²) in [6.45, 7) is 0. The van der Waals surface area contributed by atoms with E-state index >= 15 is 0 Å². The molecule has 0 aliphatic rings. The molecule has 0 radical (unpaired) electrons. The molecule has 0 aliphatic heterocycles. The number of aromatic nitrogens is 1. The van der Waals surface area contributed by atoms with Crippen LogP contribution in [0.1, 0.15) is 5.56 Å². The molecule has 144 valence electrons. The van der Waals surface area contributed by atoms with Gasteiger partial charge in [-0.3, -0.25) is 4.79 Å². The van der Waals surface area contributed by atoms with E-state index in [0.29, 0.717) is 6.07 Å². The molecule has 4 nitrogen and oxygen atoms in total. The van der Waals surface area contributed by atoms with Crippen LogP contribution < -0.4 is 5.43 Å². The molecule has 1 heterocycles. The Morgan fingerprint density at radius 2 is 1.86 bits per heavy atom. The number of aromatic amines is 1. The predicted octanol–water partition coefficient (Wildman–Crippen LogP) is 4.01. The fourth-order valence-electron chi connectivity index (χ4n) is 2.69. The molecular formula is C18H9F5N2O2S. The fourth-order valence-corrected chi connectivity index (χ4v) is 3.77. The van der Waals surface area contributed by atoms with Crippen molar-refractivity contribution in [2.24, 2.45) is 0 Å². The van der Waals surface area contributed by atoms with Crippen molar-refractivity contribution in [2.45, 2.75) is 11.1 Å². The lowest BCUT2D eigenvalue weighted by molar-refractivity contribution is -0.106. The SMILES string of the molecule is N#Cc1ccc([S+]([O-])CC(F)(F)F)c(-c2cc(=O)c3c(F)cc(F)cc3[nH]2)c1. The third-order valence-corrected chi connectivity index (χ3v) is 5.22. The molecule has 0 amide bonds. The highest BCUT2D eigenvalue weighted by molar-refractivity contribution is 7.91. The molecule has 0 bridgehead atoms. The molecule has 0 saturated heterocycles. The first-order valence-electron chi connectivity index (χ1n) is 7.61. The number of H-pyrrole nitrogens is 1. The maximum atomic E-state index is 13.9. The molecule has 1 aromatic heterocycles. The first kappa shape index (κ1) is 19.9. The maximum absolute atomic E-state index is 13.9. The number of nitrogens with one attached hydrogen (secondary N) is 1. The van der Waals surface area contributed by atoms with Crippen LogP contribution in [0.4, 0.5) is 22.0 Å². The highest BCUT2D eigenvalue weighted by Gasteiger charge is 2.36. The van der Waals surface area contributed by atoms with Crippen LogP contribution in [0.3, 0.4) is 0 Å². The van der Waals surface area contributed by atoms with Crippen LogP contribution in [-0.2, 0) is 11.2 Å². The van der Waals surface area contributed by atoms with Gasteiger partial charge in [0.25, 0.3) is 0 Å². The number of nitrogens with zero attached hydrogens (tertiary/aromatic N) is 1. The van der Waals surface area contributed by atoms with Gasteiger partial charge in [-0.2, -0.15) is 18.4 Å². The van der Waals surface area contributed by atoms with Crippen molar-refractivity contribution < 1.29 is 26.5 Å². The van der Waals surface area contributed by atoms with Crippen LogP contribution >= 0.6 is 0 Å². The van der Waals surface area contributed by atoms with Crippen LogP contribution in [0.2, 0.25) is 0 Å². The van der Waals surface area contributed by atoms with Crippen molar-refractivity contribution in [3.8, 4) is 17.3 Å². The summed E-state index contributed by atoms with van der Waals surface area (Å²) in [5.41, 5.74) is -1.27. The van der Waals surface area contributed by atoms with Crippen molar-refractivity contribution >= 4 is 22.1 Å². The van der Waals surface area contributed by atoms with Gasteiger partial charge in [0.05, 0.1) is 33.8 Å². The van der Waals surface area contributed by atoms with Crippen molar-refractivity contribution in [2.75, 3.05) is 5.75 Å². The second kappa shape index (κ2) is 7.26. The molecule has 0 fully saturated rings. The monoisotopic (exact) mass is 412 g/mol. The average molecular weight is 412 g/mol. The normalized spacial score (nSPS) is 12.8. The molecular weight excluding hydrogens is 403 g/mol. The molecule has 2 aromatic carbocycles. The van der Waals surface area contributed by atoms with E-state index in [0.717, 1.165) is 24.3 Å². The summed E-state index contributed by atoms with van der Waals surface area (Å²) >= 11 is -2.53. The smallest absolute Gasteiger partial charge is 0.433 e. The lowest BCUT2D eigenvalue weighted by atomic mass is 10.1. The van der Waals surface area contributed by atoms with Crippen molar-refractivity contribution in [1.82, 2.24) is 4.98 Å². The Morgan fingerprint density at radius 3 is 2.50 bits per heavy atom. The Balaban J connectivity index is 2.25. The molecule has 1 N–H and O–H groups in total. The first-order valence-corrected chi connectivity index (χ1v) is 8.92. The van der Waals surface area contributed by atoms with E-state index in [1.807, 2.05) is 0 Å². The minimum Gasteiger partial charge on any atom is -0.611 e. The number of rotatable bonds is 3. The van der Waals surface area contributed by atoms with Gasteiger partial charge in [-0.1, -0.05) is 0 Å². The van der Waals surface area contributed by atoms with Crippen LogP contribution in [0, 0.1) is 23.0 Å². The number of fused-ring (bicyclic) bond motifs is 1. The molecule has 10 heteroatoms. The minimum absolute atomic E-state index is 0.0362. The van der Waals surface area contributed by atoms with Gasteiger partial charge in [-0.15, -0.1) is 0 Å². The Bertz CT molecular complexity index is 1170. The number of pyridine rings is 1. The van der Waals surface area contributed by atoms with Crippen molar-refractivity contribution in [3.63, 3.8) is 0 Å². The molecule has 0 aliphatic carbocycles. The van der Waals surface area contributed by atoms with Crippen molar-refractivity contribution in [3.05, 3.63) is 63.8 Å². The molecule has 3 rings (SSSR count). The second-order valence-corrected chi connectivity index (χ2v) is 7.20. The highest BCUT2D eigenvalue weighted by Crippen LogP contribution is 2.31. The zero-order chi connectivity index (χ0) is 20.6. The number of alkyl halides is 3. The lowest BCUT2D eigenvalue weighted by Crippen LogP contribution is -2.23. The van der Waals surface area contributed by atoms with Crippen molar-refractivity contribution in [1.29, 1.82) is 5.26 Å². The minimum atomic E-state index is -4.71. The van der Waals surface area contributed by atoms with E-state index in [9.17, 15) is 31.3 Å². The maximum Gasteiger partial charge on any atom is 0.433 e. The Hall–Kier alpha value is -2.90. The largest absolute Gasteiger partial charge is 0.611 e. The molecule has 0 saturated carbocycles. The Kier molecular flexibility index (Phi) is 5.14. The Morgan fingerprint density at radius 1 is 1.14 bits per heavy atom. The number of hydrogen-bond acceptors (Lipinski definition) is 3. The first-order chi connectivity index (χ1) is 13.1. The standard InChI is InChI=1S/C18H9F5N2O2S/c19-10-4-12(20)17-14(5-10)25-13(6-15(17)26)11-3-9(7-24)1-2-16(11)28(27)8-18(21,22)23/h1-6H,8H2,(H,25,26). The molecule has 0 spiro atoms. The highest BCUT2D eigenvalue weighted by atomic mass is 32.2. The average Bonchev–Trinajstić information content (AvgIpc) is 2.58. The van der Waals surface area contributed by atoms with Gasteiger partial charge in [0.15, 0.2) is 10.3 Å². The van der Waals surface area contributed by atoms with Crippen LogP contribution in [0.15, 0.2) is 46.1 Å². The molecule has 1 unspecified atom stereocenters. The summed E-state index contributed by atoms with van der Waals surface area (Å²) in [5.74, 6) is -3.70. The van der Waals surface area contributed by atoms with E-state index in [-0.39, 0.29) is 27.2 Å². The molecule has 28 heavy (non-hydrogen) atoms. The summed E-state index contributed by atoms with van der Waals surface area (Å²) in [4.78, 5) is 14.6. The van der Waals surface area contributed by atoms with Gasteiger partial charge < -0.3 is 9.54 Å². The summed E-state index contributed by atoms with van der Waals surface area (Å²) in [6, 6.07) is 7.48. The van der Waals surface area contributed by atoms with Gasteiger partial charge in [0.1, 0.15) is 11.6 Å². The lowest BCUT2D eigenvalue weighted by Gasteiger charge is -2.16. The number of benzene rings is 2. The summed E-state index contributed by atoms with van der Waals surface area (Å²) < 4.78 is 77.5. The van der Waals surface area contributed by atoms with E-state index in [1.165, 1.54) is 6.07 Å². The van der Waals surface area contributed by atoms with E-state index in [1.54, 1.807) is 6.07 Å². The van der Waals surface area contributed by atoms with Gasteiger partial charge in [-0.25, -0.2) is 8.78 Å². The van der Waals surface area contributed by atoms with E-state index < -0.39 is 45.6 Å². The van der Waals surface area contributed by atoms with Gasteiger partial charge >= 0.3 is 6.18 Å². The van der Waals surface area contributed by atoms with Crippen LogP contribution in [0.25, 0.3) is 22.2 Å². The molecule has 1 atom stereocenters. The summed E-state index contributed by atoms with van der Waals surface area (Å²) in [5, 5.41) is 8.62. The van der Waals surface area contributed by atoms with Gasteiger partial charge in [0, 0.05) is 12.1 Å². The number of nitriles is 1. The van der Waals surface area contributed by atoms with E-state index in [4.69, 9.17) is 5.26 Å². The third-order valence-electron chi connectivity index (χ3n) is 3.79. The van der Waals surface area contributed by atoms with Crippen LogP contribution in [-0.4, -0.2) is 21.5 Å². The third kappa shape index (κ3) is 4.00. The van der Waals surface area contributed by atoms with E-state index in [2.05, 4.69) is 4.98 Å². The predicted molar refractivity (Wildman–Crippen MR) is 92.0 cm³/mol. The fraction of sp³-hybridized carbons (Fsp3) is 0.111. The van der Waals surface area contributed by atoms with Gasteiger partial charge in [0.2, 0.25) is 5.75 Å². The zero-order valence-electron chi connectivity index (χ0n) is 13.7.